The molecule has 2 rings (SSSR count). The summed E-state index contributed by atoms with van der Waals surface area (Å²) in [4.78, 5) is 2.74. The van der Waals surface area contributed by atoms with Crippen LogP contribution in [0.5, 0.6) is 0 Å². The fraction of sp³-hybridized carbons (Fsp3) is 0.500. The number of nitrogens with zero attached hydrogens (tertiary/aromatic N) is 1. The Balaban J connectivity index is 2.23. The van der Waals surface area contributed by atoms with E-state index in [0.29, 0.717) is 4.90 Å². The molecule has 3 nitrogen and oxygen atoms in total. The first-order valence-electron chi connectivity index (χ1n) is 5.63. The second-order valence-electron chi connectivity index (χ2n) is 4.39. The minimum absolute atomic E-state index is 0.525. The van der Waals surface area contributed by atoms with Crippen LogP contribution in [0.15, 0.2) is 29.2 Å². The summed E-state index contributed by atoms with van der Waals surface area (Å²) in [6, 6.07) is 7.38. The molecule has 0 bridgehead atoms. The molecular weight excluding hydrogens is 222 g/mol. The molecule has 0 radical (unpaired) electrons. The lowest BCUT2D eigenvalue weighted by molar-refractivity contribution is 0.437. The Labute approximate surface area is 98.8 Å². The summed E-state index contributed by atoms with van der Waals surface area (Å²) in [6.07, 6.45) is 2.32. The second kappa shape index (κ2) is 4.97. The molecule has 1 aromatic carbocycles. The zero-order valence-corrected chi connectivity index (χ0v) is 10.2. The van der Waals surface area contributed by atoms with Gasteiger partial charge < -0.3 is 9.45 Å². The van der Waals surface area contributed by atoms with E-state index in [1.54, 1.807) is 12.1 Å². The van der Waals surface area contributed by atoms with Crippen molar-refractivity contribution in [3.63, 3.8) is 0 Å². The van der Waals surface area contributed by atoms with E-state index in [2.05, 4.69) is 11.8 Å². The largest absolute Gasteiger partial charge is 0.370 e. The number of rotatable bonds is 2. The van der Waals surface area contributed by atoms with E-state index in [1.807, 2.05) is 12.1 Å². The molecule has 0 spiro atoms. The predicted octanol–water partition coefficient (Wildman–Crippen LogP) is 2.50. The fourth-order valence-electron chi connectivity index (χ4n) is 2.12. The van der Waals surface area contributed by atoms with Crippen LogP contribution < -0.4 is 4.90 Å². The van der Waals surface area contributed by atoms with Gasteiger partial charge in [0.2, 0.25) is 0 Å². The Morgan fingerprint density at radius 3 is 2.56 bits per heavy atom. The Bertz CT molecular complexity index is 386. The van der Waals surface area contributed by atoms with Crippen molar-refractivity contribution in [2.24, 2.45) is 5.92 Å². The molecule has 0 amide bonds. The highest BCUT2D eigenvalue weighted by molar-refractivity contribution is 7.79. The molecule has 0 aliphatic carbocycles. The third-order valence-corrected chi connectivity index (χ3v) is 3.90. The van der Waals surface area contributed by atoms with Gasteiger partial charge in [-0.2, -0.15) is 0 Å². The third kappa shape index (κ3) is 2.44. The van der Waals surface area contributed by atoms with Crippen molar-refractivity contribution in [2.45, 2.75) is 24.7 Å². The zero-order chi connectivity index (χ0) is 11.5. The first-order chi connectivity index (χ1) is 7.68. The van der Waals surface area contributed by atoms with Gasteiger partial charge in [-0.15, -0.1) is 0 Å². The molecule has 1 atom stereocenters. The van der Waals surface area contributed by atoms with Crippen LogP contribution in [0.2, 0.25) is 0 Å². The number of anilines is 1. The van der Waals surface area contributed by atoms with Crippen molar-refractivity contribution < 1.29 is 8.76 Å². The van der Waals surface area contributed by atoms with E-state index in [4.69, 9.17) is 0 Å². The summed E-state index contributed by atoms with van der Waals surface area (Å²) in [7, 11) is 0. The van der Waals surface area contributed by atoms with Crippen LogP contribution in [0, 0.1) is 5.92 Å². The Hall–Kier alpha value is -0.870. The minimum atomic E-state index is -1.89. The quantitative estimate of drug-likeness (QED) is 0.806. The molecule has 1 aliphatic heterocycles. The molecule has 0 aromatic heterocycles. The van der Waals surface area contributed by atoms with Gasteiger partial charge >= 0.3 is 0 Å². The second-order valence-corrected chi connectivity index (χ2v) is 5.32. The molecule has 1 fully saturated rings. The normalized spacial score (nSPS) is 19.8. The van der Waals surface area contributed by atoms with Crippen LogP contribution in [0.3, 0.4) is 0 Å². The number of hydrogen-bond donors (Lipinski definition) is 1. The number of benzene rings is 1. The van der Waals surface area contributed by atoms with E-state index >= 15 is 0 Å². The van der Waals surface area contributed by atoms with Gasteiger partial charge in [-0.05, 0) is 30.9 Å². The highest BCUT2D eigenvalue weighted by Gasteiger charge is 2.19. The van der Waals surface area contributed by atoms with Gasteiger partial charge in [0.15, 0.2) is 11.1 Å². The third-order valence-electron chi connectivity index (χ3n) is 3.18. The van der Waals surface area contributed by atoms with Crippen LogP contribution in [0.4, 0.5) is 5.69 Å². The standard InChI is InChI=1S/C12H17NO2S/c1-10-6-8-13(9-7-10)11-4-2-3-5-12(11)16(14)15/h2-5,10H,6-9H2,1H3,(H,14,15). The summed E-state index contributed by atoms with van der Waals surface area (Å²) >= 11 is -1.89. The highest BCUT2D eigenvalue weighted by Crippen LogP contribution is 2.27. The van der Waals surface area contributed by atoms with Gasteiger partial charge in [0.1, 0.15) is 0 Å². The summed E-state index contributed by atoms with van der Waals surface area (Å²) < 4.78 is 20.4. The molecule has 1 aliphatic rings. The lowest BCUT2D eigenvalue weighted by Gasteiger charge is -2.32. The monoisotopic (exact) mass is 239 g/mol. The minimum Gasteiger partial charge on any atom is -0.370 e. The average molecular weight is 239 g/mol. The molecule has 1 aromatic rings. The molecule has 1 unspecified atom stereocenters. The van der Waals surface area contributed by atoms with E-state index in [9.17, 15) is 8.76 Å². The van der Waals surface area contributed by atoms with Crippen LogP contribution in [0.25, 0.3) is 0 Å². The van der Waals surface area contributed by atoms with E-state index in [-0.39, 0.29) is 0 Å². The fourth-order valence-corrected chi connectivity index (χ4v) is 2.69. The Kier molecular flexibility index (Phi) is 3.61. The highest BCUT2D eigenvalue weighted by atomic mass is 32.2. The van der Waals surface area contributed by atoms with Crippen molar-refractivity contribution >= 4 is 16.8 Å². The van der Waals surface area contributed by atoms with E-state index < -0.39 is 11.1 Å². The summed E-state index contributed by atoms with van der Waals surface area (Å²) in [5, 5.41) is 0. The van der Waals surface area contributed by atoms with Gasteiger partial charge in [-0.3, -0.25) is 0 Å². The van der Waals surface area contributed by atoms with Crippen LogP contribution in [-0.4, -0.2) is 21.9 Å². The summed E-state index contributed by atoms with van der Waals surface area (Å²) in [5.74, 6) is 0.767. The SMILES string of the molecule is CC1CCN(c2ccccc2S(=O)O)CC1. The zero-order valence-electron chi connectivity index (χ0n) is 9.43. The maximum absolute atomic E-state index is 11.2. The Morgan fingerprint density at radius 1 is 1.31 bits per heavy atom. The molecule has 1 heterocycles. The van der Waals surface area contributed by atoms with Crippen molar-refractivity contribution in [3.05, 3.63) is 24.3 Å². The van der Waals surface area contributed by atoms with Crippen LogP contribution in [0.1, 0.15) is 19.8 Å². The lowest BCUT2D eigenvalue weighted by atomic mass is 9.99. The number of piperidine rings is 1. The van der Waals surface area contributed by atoms with Gasteiger partial charge in [0, 0.05) is 13.1 Å². The molecule has 0 saturated carbocycles. The first-order valence-corrected chi connectivity index (χ1v) is 6.74. The van der Waals surface area contributed by atoms with Crippen molar-refractivity contribution in [3.8, 4) is 0 Å². The van der Waals surface area contributed by atoms with Crippen molar-refractivity contribution in [2.75, 3.05) is 18.0 Å². The topological polar surface area (TPSA) is 40.5 Å². The van der Waals surface area contributed by atoms with E-state index in [0.717, 1.165) is 37.5 Å². The maximum Gasteiger partial charge on any atom is 0.188 e. The molecule has 4 heteroatoms. The number of hydrogen-bond acceptors (Lipinski definition) is 2. The maximum atomic E-state index is 11.2. The lowest BCUT2D eigenvalue weighted by Crippen LogP contribution is -2.33. The van der Waals surface area contributed by atoms with Crippen LogP contribution >= 0.6 is 0 Å². The molecule has 1 saturated heterocycles. The predicted molar refractivity (Wildman–Crippen MR) is 66.1 cm³/mol. The van der Waals surface area contributed by atoms with Crippen molar-refractivity contribution in [1.82, 2.24) is 0 Å². The Morgan fingerprint density at radius 2 is 1.94 bits per heavy atom. The van der Waals surface area contributed by atoms with Gasteiger partial charge in [-0.25, -0.2) is 4.21 Å². The van der Waals surface area contributed by atoms with Crippen molar-refractivity contribution in [1.29, 1.82) is 0 Å². The molecular formula is C12H17NO2S. The summed E-state index contributed by atoms with van der Waals surface area (Å²) in [6.45, 7) is 4.22. The molecule has 1 N–H and O–H groups in total. The molecule has 16 heavy (non-hydrogen) atoms. The first kappa shape index (κ1) is 11.6. The van der Waals surface area contributed by atoms with Gasteiger partial charge in [0.25, 0.3) is 0 Å². The van der Waals surface area contributed by atoms with Gasteiger partial charge in [0.05, 0.1) is 10.6 Å². The van der Waals surface area contributed by atoms with Crippen LogP contribution in [-0.2, 0) is 11.1 Å². The molecule has 88 valence electrons. The summed E-state index contributed by atoms with van der Waals surface area (Å²) in [5.41, 5.74) is 0.912. The smallest absolute Gasteiger partial charge is 0.188 e. The average Bonchev–Trinajstić information content (AvgIpc) is 2.30. The van der Waals surface area contributed by atoms with Gasteiger partial charge in [-0.1, -0.05) is 19.1 Å². The number of para-hydroxylation sites is 1. The van der Waals surface area contributed by atoms with E-state index in [1.165, 1.54) is 0 Å².